The van der Waals surface area contributed by atoms with Crippen molar-refractivity contribution in [1.82, 2.24) is 0 Å². The summed E-state index contributed by atoms with van der Waals surface area (Å²) in [7, 11) is 2.00. The third-order valence-corrected chi connectivity index (χ3v) is 2.80. The molecule has 3 heteroatoms. The van der Waals surface area contributed by atoms with Crippen LogP contribution >= 0.6 is 0 Å². The fourth-order valence-electron chi connectivity index (χ4n) is 1.66. The Bertz CT molecular complexity index is 361. The van der Waals surface area contributed by atoms with Crippen LogP contribution in [0.15, 0.2) is 18.2 Å². The summed E-state index contributed by atoms with van der Waals surface area (Å²) in [5.41, 5.74) is 7.47. The van der Waals surface area contributed by atoms with E-state index in [2.05, 4.69) is 18.7 Å². The maximum absolute atomic E-state index is 13.1. The van der Waals surface area contributed by atoms with Crippen LogP contribution < -0.4 is 10.6 Å². The van der Waals surface area contributed by atoms with Crippen molar-refractivity contribution in [1.29, 1.82) is 0 Å². The van der Waals surface area contributed by atoms with Crippen LogP contribution in [0.25, 0.3) is 0 Å². The number of aryl methyl sites for hydroxylation is 1. The van der Waals surface area contributed by atoms with Gasteiger partial charge in [-0.3, -0.25) is 0 Å². The van der Waals surface area contributed by atoms with Crippen LogP contribution in [0.2, 0.25) is 0 Å². The average molecular weight is 224 g/mol. The van der Waals surface area contributed by atoms with E-state index in [1.54, 1.807) is 13.0 Å². The lowest BCUT2D eigenvalue weighted by Crippen LogP contribution is -2.36. The van der Waals surface area contributed by atoms with E-state index < -0.39 is 0 Å². The van der Waals surface area contributed by atoms with Crippen LogP contribution in [0.1, 0.15) is 19.4 Å². The zero-order valence-corrected chi connectivity index (χ0v) is 10.5. The summed E-state index contributed by atoms with van der Waals surface area (Å²) in [6.07, 6.45) is 0. The Labute approximate surface area is 97.3 Å². The van der Waals surface area contributed by atoms with E-state index >= 15 is 0 Å². The minimum absolute atomic E-state index is 0.0665. The molecule has 2 nitrogen and oxygen atoms in total. The van der Waals surface area contributed by atoms with Crippen LogP contribution in [-0.2, 0) is 0 Å². The van der Waals surface area contributed by atoms with Gasteiger partial charge in [-0.15, -0.1) is 0 Å². The molecule has 0 bridgehead atoms. The molecule has 90 valence electrons. The van der Waals surface area contributed by atoms with Crippen molar-refractivity contribution in [3.05, 3.63) is 29.6 Å². The molecule has 0 saturated carbocycles. The summed E-state index contributed by atoms with van der Waals surface area (Å²) in [5.74, 6) is -0.157. The van der Waals surface area contributed by atoms with E-state index in [9.17, 15) is 4.39 Å². The van der Waals surface area contributed by atoms with Gasteiger partial charge in [0.15, 0.2) is 0 Å². The van der Waals surface area contributed by atoms with Gasteiger partial charge in [0, 0.05) is 19.3 Å². The third kappa shape index (κ3) is 3.20. The summed E-state index contributed by atoms with van der Waals surface area (Å²) in [4.78, 5) is 2.11. The summed E-state index contributed by atoms with van der Waals surface area (Å²) in [6, 6.07) is 5.17. The van der Waals surface area contributed by atoms with E-state index in [0.717, 1.165) is 12.2 Å². The quantitative estimate of drug-likeness (QED) is 0.851. The van der Waals surface area contributed by atoms with E-state index in [1.807, 2.05) is 13.1 Å². The molecule has 0 aliphatic rings. The maximum atomic E-state index is 13.1. The van der Waals surface area contributed by atoms with E-state index in [0.29, 0.717) is 12.1 Å². The number of rotatable bonds is 4. The number of anilines is 1. The lowest BCUT2D eigenvalue weighted by molar-refractivity contribution is 0.385. The predicted molar refractivity (Wildman–Crippen MR) is 67.2 cm³/mol. The van der Waals surface area contributed by atoms with Gasteiger partial charge in [-0.2, -0.15) is 0 Å². The number of nitrogens with zero attached hydrogens (tertiary/aromatic N) is 1. The Balaban J connectivity index is 2.81. The van der Waals surface area contributed by atoms with Crippen molar-refractivity contribution < 1.29 is 4.39 Å². The van der Waals surface area contributed by atoms with Gasteiger partial charge in [-0.1, -0.05) is 13.8 Å². The van der Waals surface area contributed by atoms with Crippen LogP contribution in [0.5, 0.6) is 0 Å². The van der Waals surface area contributed by atoms with E-state index in [-0.39, 0.29) is 11.2 Å². The molecular weight excluding hydrogens is 203 g/mol. The lowest BCUT2D eigenvalue weighted by Gasteiger charge is -2.30. The lowest BCUT2D eigenvalue weighted by atomic mass is 9.93. The Morgan fingerprint density at radius 1 is 1.38 bits per heavy atom. The number of benzene rings is 1. The Morgan fingerprint density at radius 3 is 2.50 bits per heavy atom. The first-order valence-electron chi connectivity index (χ1n) is 5.53. The molecule has 1 aromatic carbocycles. The van der Waals surface area contributed by atoms with Crippen molar-refractivity contribution in [2.75, 3.05) is 25.0 Å². The topological polar surface area (TPSA) is 29.3 Å². The van der Waals surface area contributed by atoms with Crippen molar-refractivity contribution >= 4 is 5.69 Å². The molecule has 0 radical (unpaired) electrons. The van der Waals surface area contributed by atoms with Crippen LogP contribution in [-0.4, -0.2) is 20.1 Å². The minimum atomic E-state index is -0.157. The zero-order chi connectivity index (χ0) is 12.3. The highest BCUT2D eigenvalue weighted by atomic mass is 19.1. The van der Waals surface area contributed by atoms with Crippen molar-refractivity contribution in [2.45, 2.75) is 20.8 Å². The molecule has 2 N–H and O–H groups in total. The first-order valence-corrected chi connectivity index (χ1v) is 5.53. The highest BCUT2D eigenvalue weighted by Gasteiger charge is 2.18. The number of hydrogen-bond acceptors (Lipinski definition) is 2. The second-order valence-electron chi connectivity index (χ2n) is 5.16. The summed E-state index contributed by atoms with van der Waals surface area (Å²) < 4.78 is 13.1. The molecule has 0 amide bonds. The van der Waals surface area contributed by atoms with E-state index in [1.165, 1.54) is 6.07 Å². The molecule has 16 heavy (non-hydrogen) atoms. The minimum Gasteiger partial charge on any atom is -0.374 e. The van der Waals surface area contributed by atoms with Crippen LogP contribution in [0, 0.1) is 18.2 Å². The monoisotopic (exact) mass is 224 g/mol. The molecule has 1 rings (SSSR count). The molecule has 1 aromatic rings. The van der Waals surface area contributed by atoms with Crippen molar-refractivity contribution in [3.8, 4) is 0 Å². The predicted octanol–water partition coefficient (Wildman–Crippen LogP) is 2.56. The molecule has 0 spiro atoms. The van der Waals surface area contributed by atoms with Gasteiger partial charge in [-0.05, 0) is 42.6 Å². The Hall–Kier alpha value is -1.09. The first-order chi connectivity index (χ1) is 7.35. The second kappa shape index (κ2) is 4.83. The van der Waals surface area contributed by atoms with Gasteiger partial charge >= 0.3 is 0 Å². The van der Waals surface area contributed by atoms with Gasteiger partial charge < -0.3 is 10.6 Å². The first kappa shape index (κ1) is 13.0. The highest BCUT2D eigenvalue weighted by molar-refractivity contribution is 5.48. The third-order valence-electron chi connectivity index (χ3n) is 2.80. The Kier molecular flexibility index (Phi) is 3.92. The Morgan fingerprint density at radius 2 is 2.00 bits per heavy atom. The number of hydrogen-bond donors (Lipinski definition) is 1. The highest BCUT2D eigenvalue weighted by Crippen LogP contribution is 2.21. The van der Waals surface area contributed by atoms with E-state index in [4.69, 9.17) is 5.73 Å². The molecule has 0 heterocycles. The molecule has 0 aliphatic carbocycles. The van der Waals surface area contributed by atoms with Crippen molar-refractivity contribution in [2.24, 2.45) is 11.1 Å². The second-order valence-corrected chi connectivity index (χ2v) is 5.16. The fraction of sp³-hybridized carbons (Fsp3) is 0.538. The normalized spacial score (nSPS) is 11.6. The molecule has 0 fully saturated rings. The zero-order valence-electron chi connectivity index (χ0n) is 10.5. The summed E-state index contributed by atoms with van der Waals surface area (Å²) >= 11 is 0. The molecular formula is C13H21FN2. The maximum Gasteiger partial charge on any atom is 0.126 e. The summed E-state index contributed by atoms with van der Waals surface area (Å²) in [6.45, 7) is 7.52. The van der Waals surface area contributed by atoms with Gasteiger partial charge in [0.05, 0.1) is 0 Å². The average Bonchev–Trinajstić information content (AvgIpc) is 2.21. The van der Waals surface area contributed by atoms with Gasteiger partial charge in [0.1, 0.15) is 5.82 Å². The van der Waals surface area contributed by atoms with Gasteiger partial charge in [0.2, 0.25) is 0 Å². The van der Waals surface area contributed by atoms with Crippen LogP contribution in [0.4, 0.5) is 10.1 Å². The number of nitrogens with two attached hydrogens (primary N) is 1. The molecule has 0 saturated heterocycles. The fourth-order valence-corrected chi connectivity index (χ4v) is 1.66. The summed E-state index contributed by atoms with van der Waals surface area (Å²) in [5, 5.41) is 0. The molecule has 0 aromatic heterocycles. The van der Waals surface area contributed by atoms with Crippen LogP contribution in [0.3, 0.4) is 0 Å². The SMILES string of the molecule is Cc1cc(N(C)CC(C)(C)CN)ccc1F. The largest absolute Gasteiger partial charge is 0.374 e. The van der Waals surface area contributed by atoms with Crippen molar-refractivity contribution in [3.63, 3.8) is 0 Å². The standard InChI is InChI=1S/C13H21FN2/c1-10-7-11(5-6-12(10)14)16(4)9-13(2,3)8-15/h5-7H,8-9,15H2,1-4H3. The van der Waals surface area contributed by atoms with Gasteiger partial charge in [-0.25, -0.2) is 4.39 Å². The van der Waals surface area contributed by atoms with Gasteiger partial charge in [0.25, 0.3) is 0 Å². The molecule has 0 unspecified atom stereocenters. The molecule has 0 aliphatic heterocycles. The smallest absolute Gasteiger partial charge is 0.126 e. The number of halogens is 1. The molecule has 0 atom stereocenters.